The van der Waals surface area contributed by atoms with E-state index in [4.69, 9.17) is 14.2 Å². The van der Waals surface area contributed by atoms with Gasteiger partial charge in [-0.1, -0.05) is 5.92 Å². The first kappa shape index (κ1) is 22.9. The fourth-order valence-electron chi connectivity index (χ4n) is 3.75. The lowest BCUT2D eigenvalue weighted by atomic mass is 9.91. The van der Waals surface area contributed by atoms with E-state index in [1.165, 1.54) is 7.11 Å². The fraction of sp³-hybridized carbons (Fsp3) is 0.682. The van der Waals surface area contributed by atoms with Gasteiger partial charge >= 0.3 is 6.18 Å². The Morgan fingerprint density at radius 1 is 1.13 bits per heavy atom. The van der Waals surface area contributed by atoms with E-state index in [2.05, 4.69) is 16.8 Å². The number of rotatable bonds is 6. The van der Waals surface area contributed by atoms with Crippen molar-refractivity contribution in [2.75, 3.05) is 31.7 Å². The number of piperidine rings is 1. The van der Waals surface area contributed by atoms with E-state index in [1.807, 2.05) is 18.7 Å². The maximum atomic E-state index is 13.3. The molecule has 0 radical (unpaired) electrons. The Morgan fingerprint density at radius 2 is 1.83 bits per heavy atom. The van der Waals surface area contributed by atoms with Crippen LogP contribution in [0.1, 0.15) is 50.9 Å². The molecule has 1 aliphatic heterocycles. The van der Waals surface area contributed by atoms with Crippen molar-refractivity contribution in [3.05, 3.63) is 23.5 Å². The van der Waals surface area contributed by atoms with Crippen LogP contribution in [0.3, 0.4) is 0 Å². The number of hydrogen-bond donors (Lipinski definition) is 0. The van der Waals surface area contributed by atoms with Crippen LogP contribution >= 0.6 is 0 Å². The maximum absolute atomic E-state index is 13.3. The molecule has 0 spiro atoms. The zero-order valence-electron chi connectivity index (χ0n) is 17.7. The van der Waals surface area contributed by atoms with Crippen LogP contribution in [0.2, 0.25) is 0 Å². The molecule has 1 saturated carbocycles. The molecule has 0 aromatic carbocycles. The van der Waals surface area contributed by atoms with Crippen molar-refractivity contribution in [2.45, 2.75) is 70.1 Å². The molecule has 1 aromatic rings. The molecule has 3 rings (SSSR count). The molecule has 0 bridgehead atoms. The van der Waals surface area contributed by atoms with Crippen LogP contribution in [0.4, 0.5) is 18.9 Å². The number of alkyl halides is 3. The van der Waals surface area contributed by atoms with Crippen LogP contribution in [-0.4, -0.2) is 56.2 Å². The second-order valence-electron chi connectivity index (χ2n) is 8.05. The fourth-order valence-corrected chi connectivity index (χ4v) is 3.75. The Kier molecular flexibility index (Phi) is 7.61. The predicted octanol–water partition coefficient (Wildman–Crippen LogP) is 4.04. The first-order chi connectivity index (χ1) is 14.2. The minimum atomic E-state index is -4.52. The average Bonchev–Trinajstić information content (AvgIpc) is 2.66. The van der Waals surface area contributed by atoms with Crippen LogP contribution < -0.4 is 4.90 Å². The molecule has 2 aliphatic rings. The molecule has 1 saturated heterocycles. The first-order valence-electron chi connectivity index (χ1n) is 10.4. The Bertz CT molecular complexity index is 759. The average molecular weight is 426 g/mol. The van der Waals surface area contributed by atoms with Gasteiger partial charge in [0.2, 0.25) is 0 Å². The maximum Gasteiger partial charge on any atom is 0.433 e. The molecule has 0 N–H and O–H groups in total. The number of ether oxygens (including phenoxy) is 3. The summed E-state index contributed by atoms with van der Waals surface area (Å²) in [5.74, 6) is 5.32. The van der Waals surface area contributed by atoms with Gasteiger partial charge in [0.05, 0.1) is 24.4 Å². The van der Waals surface area contributed by atoms with Crippen molar-refractivity contribution in [3.8, 4) is 11.8 Å². The molecule has 30 heavy (non-hydrogen) atoms. The highest BCUT2D eigenvalue weighted by Gasteiger charge is 2.35. The second kappa shape index (κ2) is 9.99. The summed E-state index contributed by atoms with van der Waals surface area (Å²) in [6.45, 7) is 5.47. The van der Waals surface area contributed by atoms with Crippen molar-refractivity contribution < 1.29 is 27.4 Å². The number of halogens is 3. The molecule has 2 heterocycles. The molecular formula is C22H29F3N2O3. The van der Waals surface area contributed by atoms with Crippen LogP contribution in [0.25, 0.3) is 0 Å². The third kappa shape index (κ3) is 6.34. The lowest BCUT2D eigenvalue weighted by Crippen LogP contribution is -2.44. The summed E-state index contributed by atoms with van der Waals surface area (Å²) in [6, 6.07) is 2.71. The van der Waals surface area contributed by atoms with Crippen molar-refractivity contribution in [1.82, 2.24) is 4.98 Å². The van der Waals surface area contributed by atoms with Gasteiger partial charge in [-0.05, 0) is 57.6 Å². The van der Waals surface area contributed by atoms with Gasteiger partial charge in [-0.2, -0.15) is 13.2 Å². The summed E-state index contributed by atoms with van der Waals surface area (Å²) in [6.07, 6.45) is -0.255. The summed E-state index contributed by atoms with van der Waals surface area (Å²) >= 11 is 0. The lowest BCUT2D eigenvalue weighted by Gasteiger charge is -2.41. The van der Waals surface area contributed by atoms with Crippen molar-refractivity contribution >= 4 is 5.69 Å². The zero-order chi connectivity index (χ0) is 21.7. The summed E-state index contributed by atoms with van der Waals surface area (Å²) in [4.78, 5) is 5.60. The molecule has 0 amide bonds. The second-order valence-corrected chi connectivity index (χ2v) is 8.05. The standard InChI is InChI=1S/C22H29F3N2O3/c1-15(2)29-19-13-20(14-19)30-18-6-8-27(9-7-18)17-11-16(5-4-10-28-3)26-21(12-17)22(23,24)25/h11-12,15,18-20H,6-10,13-14H2,1-3H3. The molecule has 5 nitrogen and oxygen atoms in total. The monoisotopic (exact) mass is 426 g/mol. The number of aromatic nitrogens is 1. The molecule has 0 unspecified atom stereocenters. The SMILES string of the molecule is COCC#Cc1cc(N2CCC(OC3CC(OC(C)C)C3)CC2)cc(C(F)(F)F)n1. The number of pyridine rings is 1. The van der Waals surface area contributed by atoms with E-state index in [1.54, 1.807) is 6.07 Å². The van der Waals surface area contributed by atoms with Gasteiger partial charge in [0.15, 0.2) is 0 Å². The van der Waals surface area contributed by atoms with Crippen LogP contribution in [0, 0.1) is 11.8 Å². The highest BCUT2D eigenvalue weighted by atomic mass is 19.4. The molecule has 166 valence electrons. The van der Waals surface area contributed by atoms with E-state index in [-0.39, 0.29) is 36.7 Å². The molecular weight excluding hydrogens is 397 g/mol. The number of nitrogens with zero attached hydrogens (tertiary/aromatic N) is 2. The highest BCUT2D eigenvalue weighted by molar-refractivity contribution is 5.52. The van der Waals surface area contributed by atoms with Crippen molar-refractivity contribution in [3.63, 3.8) is 0 Å². The van der Waals surface area contributed by atoms with E-state index < -0.39 is 11.9 Å². The summed E-state index contributed by atoms with van der Waals surface area (Å²) in [7, 11) is 1.48. The third-order valence-corrected chi connectivity index (χ3v) is 5.24. The zero-order valence-corrected chi connectivity index (χ0v) is 17.7. The van der Waals surface area contributed by atoms with Crippen LogP contribution in [0.5, 0.6) is 0 Å². The summed E-state index contributed by atoms with van der Waals surface area (Å²) in [5.41, 5.74) is -0.335. The van der Waals surface area contributed by atoms with Gasteiger partial charge in [0, 0.05) is 25.9 Å². The number of hydrogen-bond acceptors (Lipinski definition) is 5. The van der Waals surface area contributed by atoms with Gasteiger partial charge in [-0.15, -0.1) is 0 Å². The molecule has 0 atom stereocenters. The Hall–Kier alpha value is -1.82. The lowest BCUT2D eigenvalue weighted by molar-refractivity contribution is -0.142. The van der Waals surface area contributed by atoms with Gasteiger partial charge in [-0.3, -0.25) is 0 Å². The Labute approximate surface area is 175 Å². The number of anilines is 1. The summed E-state index contributed by atoms with van der Waals surface area (Å²) < 4.78 is 56.6. The van der Waals surface area contributed by atoms with E-state index in [0.29, 0.717) is 18.8 Å². The third-order valence-electron chi connectivity index (χ3n) is 5.24. The molecule has 1 aliphatic carbocycles. The van der Waals surface area contributed by atoms with Crippen LogP contribution in [-0.2, 0) is 20.4 Å². The van der Waals surface area contributed by atoms with Gasteiger partial charge in [-0.25, -0.2) is 4.98 Å². The van der Waals surface area contributed by atoms with E-state index in [9.17, 15) is 13.2 Å². The van der Waals surface area contributed by atoms with Gasteiger partial charge < -0.3 is 19.1 Å². The van der Waals surface area contributed by atoms with E-state index >= 15 is 0 Å². The number of methoxy groups -OCH3 is 1. The largest absolute Gasteiger partial charge is 0.433 e. The van der Waals surface area contributed by atoms with E-state index in [0.717, 1.165) is 31.7 Å². The minimum Gasteiger partial charge on any atom is -0.375 e. The molecule has 1 aromatic heterocycles. The quantitative estimate of drug-likeness (QED) is 0.643. The summed E-state index contributed by atoms with van der Waals surface area (Å²) in [5, 5.41) is 0. The Balaban J connectivity index is 1.58. The molecule has 2 fully saturated rings. The van der Waals surface area contributed by atoms with Crippen molar-refractivity contribution in [1.29, 1.82) is 0 Å². The van der Waals surface area contributed by atoms with Crippen molar-refractivity contribution in [2.24, 2.45) is 0 Å². The normalized spacial score (nSPS) is 22.6. The van der Waals surface area contributed by atoms with Gasteiger partial charge in [0.25, 0.3) is 0 Å². The van der Waals surface area contributed by atoms with Gasteiger partial charge in [0.1, 0.15) is 18.0 Å². The Morgan fingerprint density at radius 3 is 2.43 bits per heavy atom. The van der Waals surface area contributed by atoms with Crippen LogP contribution in [0.15, 0.2) is 12.1 Å². The predicted molar refractivity (Wildman–Crippen MR) is 107 cm³/mol. The first-order valence-corrected chi connectivity index (χ1v) is 10.4. The topological polar surface area (TPSA) is 43.8 Å². The highest BCUT2D eigenvalue weighted by Crippen LogP contribution is 2.33. The smallest absolute Gasteiger partial charge is 0.375 e. The molecule has 8 heteroatoms. The minimum absolute atomic E-state index is 0.0981.